The van der Waals surface area contributed by atoms with Gasteiger partial charge in [-0.1, -0.05) is 174 Å². The maximum absolute atomic E-state index is 12.7. The minimum Gasteiger partial charge on any atom is -0.383 e. The molecule has 0 aromatic heterocycles. The van der Waals surface area contributed by atoms with Crippen molar-refractivity contribution in [2.45, 2.75) is 213 Å². The van der Waals surface area contributed by atoms with Crippen molar-refractivity contribution in [1.29, 1.82) is 0 Å². The molecule has 0 aliphatic carbocycles. The fourth-order valence-electron chi connectivity index (χ4n) is 5.80. The molecule has 0 aromatic rings. The number of ether oxygens (including phenoxy) is 1. The van der Waals surface area contributed by atoms with Crippen molar-refractivity contribution < 1.29 is 19.7 Å². The molecule has 252 valence electrons. The fourth-order valence-corrected chi connectivity index (χ4v) is 5.80. The molecule has 0 radical (unpaired) electrons. The van der Waals surface area contributed by atoms with E-state index in [-0.39, 0.29) is 5.91 Å². The molecule has 0 saturated heterocycles. The Morgan fingerprint density at radius 1 is 0.524 bits per heavy atom. The van der Waals surface area contributed by atoms with Gasteiger partial charge in [-0.3, -0.25) is 4.79 Å². The second kappa shape index (κ2) is 33.2. The number of hydrogen-bond acceptors (Lipinski definition) is 4. The minimum atomic E-state index is -0.929. The van der Waals surface area contributed by atoms with Crippen LogP contribution in [0.15, 0.2) is 0 Å². The highest BCUT2D eigenvalue weighted by Crippen LogP contribution is 2.15. The Morgan fingerprint density at radius 3 is 1.26 bits per heavy atom. The SMILES string of the molecule is CCCCCCCCCCCCCCCCOC(O)CCN(CC)C(=O)C(O)CCCCCCCCCCCCCC. The van der Waals surface area contributed by atoms with Crippen LogP contribution in [-0.2, 0) is 9.53 Å². The van der Waals surface area contributed by atoms with Gasteiger partial charge in [-0.2, -0.15) is 0 Å². The zero-order valence-corrected chi connectivity index (χ0v) is 28.7. The van der Waals surface area contributed by atoms with E-state index >= 15 is 0 Å². The molecule has 0 bridgehead atoms. The molecule has 0 aliphatic rings. The molecule has 1 amide bonds. The standard InChI is InChI=1S/C37H75NO4/c1-4-7-9-11-13-15-17-19-20-22-24-26-28-30-34-42-36(40)32-33-38(6-3)37(41)35(39)31-29-27-25-23-21-18-16-14-12-10-8-5-2/h35-36,39-40H,4-34H2,1-3H3. The number of aliphatic hydroxyl groups is 2. The molecule has 2 unspecified atom stereocenters. The monoisotopic (exact) mass is 598 g/mol. The normalized spacial score (nSPS) is 13.0. The van der Waals surface area contributed by atoms with Crippen LogP contribution in [-0.4, -0.2) is 53.1 Å². The molecule has 0 spiro atoms. The lowest BCUT2D eigenvalue weighted by molar-refractivity contribution is -0.143. The molecule has 0 heterocycles. The lowest BCUT2D eigenvalue weighted by Gasteiger charge is -2.25. The van der Waals surface area contributed by atoms with E-state index in [0.29, 0.717) is 32.5 Å². The van der Waals surface area contributed by atoms with Gasteiger partial charge in [0, 0.05) is 26.1 Å². The summed E-state index contributed by atoms with van der Waals surface area (Å²) in [6.07, 6.45) is 33.0. The molecule has 0 aliphatic heterocycles. The van der Waals surface area contributed by atoms with Gasteiger partial charge in [0.25, 0.3) is 5.91 Å². The van der Waals surface area contributed by atoms with Crippen LogP contribution in [0.4, 0.5) is 0 Å². The van der Waals surface area contributed by atoms with E-state index in [2.05, 4.69) is 13.8 Å². The summed E-state index contributed by atoms with van der Waals surface area (Å²) in [4.78, 5) is 14.3. The van der Waals surface area contributed by atoms with Gasteiger partial charge in [-0.15, -0.1) is 0 Å². The molecular formula is C37H75NO4. The summed E-state index contributed by atoms with van der Waals surface area (Å²) in [6.45, 7) is 8.00. The highest BCUT2D eigenvalue weighted by atomic mass is 16.6. The Balaban J connectivity index is 3.64. The van der Waals surface area contributed by atoms with E-state index in [1.54, 1.807) is 4.90 Å². The number of hydrogen-bond donors (Lipinski definition) is 2. The molecule has 0 fully saturated rings. The van der Waals surface area contributed by atoms with Gasteiger partial charge in [-0.05, 0) is 19.8 Å². The predicted molar refractivity (Wildman–Crippen MR) is 181 cm³/mol. The van der Waals surface area contributed by atoms with Gasteiger partial charge in [0.15, 0.2) is 6.29 Å². The number of carbonyl (C=O) groups is 1. The molecule has 2 N–H and O–H groups in total. The van der Waals surface area contributed by atoms with Crippen LogP contribution in [0.2, 0.25) is 0 Å². The van der Waals surface area contributed by atoms with Crippen molar-refractivity contribution in [1.82, 2.24) is 4.90 Å². The van der Waals surface area contributed by atoms with Crippen molar-refractivity contribution in [2.75, 3.05) is 19.7 Å². The van der Waals surface area contributed by atoms with Gasteiger partial charge < -0.3 is 19.8 Å². The second-order valence-corrected chi connectivity index (χ2v) is 12.8. The average molecular weight is 598 g/mol. The Labute approximate surface area is 263 Å². The van der Waals surface area contributed by atoms with Gasteiger partial charge in [-0.25, -0.2) is 0 Å². The molecular weight excluding hydrogens is 522 g/mol. The van der Waals surface area contributed by atoms with Crippen LogP contribution in [0.25, 0.3) is 0 Å². The van der Waals surface area contributed by atoms with Gasteiger partial charge in [0.05, 0.1) is 0 Å². The van der Waals surface area contributed by atoms with Crippen LogP contribution in [0.3, 0.4) is 0 Å². The van der Waals surface area contributed by atoms with Crippen LogP contribution < -0.4 is 0 Å². The Kier molecular flexibility index (Phi) is 32.7. The lowest BCUT2D eigenvalue weighted by atomic mass is 10.0. The first-order valence-corrected chi connectivity index (χ1v) is 18.8. The highest BCUT2D eigenvalue weighted by Gasteiger charge is 2.21. The summed E-state index contributed by atoms with van der Waals surface area (Å²) in [5, 5.41) is 20.6. The van der Waals surface area contributed by atoms with Crippen LogP contribution in [0.1, 0.15) is 201 Å². The van der Waals surface area contributed by atoms with Crippen molar-refractivity contribution in [3.05, 3.63) is 0 Å². The van der Waals surface area contributed by atoms with Crippen LogP contribution in [0.5, 0.6) is 0 Å². The molecule has 5 heteroatoms. The summed E-state index contributed by atoms with van der Waals surface area (Å²) >= 11 is 0. The van der Waals surface area contributed by atoms with E-state index in [1.807, 2.05) is 6.92 Å². The Morgan fingerprint density at radius 2 is 0.881 bits per heavy atom. The summed E-state index contributed by atoms with van der Waals surface area (Å²) < 4.78 is 5.59. The van der Waals surface area contributed by atoms with Gasteiger partial charge in [0.1, 0.15) is 6.10 Å². The zero-order valence-electron chi connectivity index (χ0n) is 28.7. The van der Waals surface area contributed by atoms with E-state index in [1.165, 1.54) is 141 Å². The van der Waals surface area contributed by atoms with Crippen molar-refractivity contribution in [2.24, 2.45) is 0 Å². The first-order chi connectivity index (χ1) is 20.6. The third kappa shape index (κ3) is 28.1. The molecule has 2 atom stereocenters. The van der Waals surface area contributed by atoms with Crippen LogP contribution >= 0.6 is 0 Å². The smallest absolute Gasteiger partial charge is 0.251 e. The van der Waals surface area contributed by atoms with Crippen molar-refractivity contribution >= 4 is 5.91 Å². The number of carbonyl (C=O) groups excluding carboxylic acids is 1. The summed E-state index contributed by atoms with van der Waals surface area (Å²) in [7, 11) is 0. The zero-order chi connectivity index (χ0) is 30.9. The molecule has 42 heavy (non-hydrogen) atoms. The molecule has 0 aromatic carbocycles. The third-order valence-corrected chi connectivity index (χ3v) is 8.76. The Hall–Kier alpha value is -0.650. The highest BCUT2D eigenvalue weighted by molar-refractivity contribution is 5.80. The average Bonchev–Trinajstić information content (AvgIpc) is 2.99. The lowest BCUT2D eigenvalue weighted by Crippen LogP contribution is -2.40. The van der Waals surface area contributed by atoms with E-state index in [4.69, 9.17) is 4.74 Å². The first kappa shape index (κ1) is 41.4. The van der Waals surface area contributed by atoms with Gasteiger partial charge >= 0.3 is 0 Å². The van der Waals surface area contributed by atoms with Crippen molar-refractivity contribution in [3.8, 4) is 0 Å². The Bertz CT molecular complexity index is 544. The quantitative estimate of drug-likeness (QED) is 0.0572. The topological polar surface area (TPSA) is 70.0 Å². The molecule has 0 saturated carbocycles. The van der Waals surface area contributed by atoms with Crippen LogP contribution in [0, 0.1) is 0 Å². The van der Waals surface area contributed by atoms with E-state index < -0.39 is 12.4 Å². The largest absolute Gasteiger partial charge is 0.383 e. The maximum atomic E-state index is 12.7. The fraction of sp³-hybridized carbons (Fsp3) is 0.973. The maximum Gasteiger partial charge on any atom is 0.251 e. The third-order valence-electron chi connectivity index (χ3n) is 8.76. The van der Waals surface area contributed by atoms with Crippen molar-refractivity contribution in [3.63, 3.8) is 0 Å². The number of nitrogens with zero attached hydrogens (tertiary/aromatic N) is 1. The van der Waals surface area contributed by atoms with E-state index in [9.17, 15) is 15.0 Å². The number of unbranched alkanes of at least 4 members (excludes halogenated alkanes) is 24. The first-order valence-electron chi connectivity index (χ1n) is 18.8. The number of aliphatic hydroxyl groups excluding tert-OH is 2. The summed E-state index contributed by atoms with van der Waals surface area (Å²) in [6, 6.07) is 0. The second-order valence-electron chi connectivity index (χ2n) is 12.8. The number of rotatable bonds is 34. The summed E-state index contributed by atoms with van der Waals surface area (Å²) in [5.41, 5.74) is 0. The van der Waals surface area contributed by atoms with E-state index in [0.717, 1.165) is 25.7 Å². The molecule has 5 nitrogen and oxygen atoms in total. The molecule has 0 rings (SSSR count). The predicted octanol–water partition coefficient (Wildman–Crippen LogP) is 10.5. The number of amides is 1. The number of likely N-dealkylation sites (N-methyl/N-ethyl adjacent to an activating group) is 1. The summed E-state index contributed by atoms with van der Waals surface area (Å²) in [5.74, 6) is -0.209. The van der Waals surface area contributed by atoms with Gasteiger partial charge in [0.2, 0.25) is 0 Å². The minimum absolute atomic E-state index is 0.209.